The van der Waals surface area contributed by atoms with Gasteiger partial charge in [-0.1, -0.05) is 0 Å². The Labute approximate surface area is 87.9 Å². The fourth-order valence-corrected chi connectivity index (χ4v) is 1.15. The lowest BCUT2D eigenvalue weighted by Crippen LogP contribution is -2.27. The van der Waals surface area contributed by atoms with Gasteiger partial charge in [-0.15, -0.1) is 0 Å². The van der Waals surface area contributed by atoms with Gasteiger partial charge in [-0.25, -0.2) is 4.99 Å². The predicted molar refractivity (Wildman–Crippen MR) is 59.3 cm³/mol. The molecule has 0 saturated carbocycles. The molecule has 6 nitrogen and oxygen atoms in total. The van der Waals surface area contributed by atoms with Crippen molar-refractivity contribution in [2.75, 3.05) is 0 Å². The van der Waals surface area contributed by atoms with Crippen LogP contribution < -0.4 is 17.2 Å². The standard InChI is InChI=1S/C9H15N5O/c1-6(5-7-3-2-4-15-7)13-9(12)14-8(10)11/h2-4,6H,5H2,1H3,(H6,10,11,12,13,14). The van der Waals surface area contributed by atoms with Crippen LogP contribution in [-0.2, 0) is 6.42 Å². The van der Waals surface area contributed by atoms with Gasteiger partial charge < -0.3 is 21.6 Å². The third-order valence-electron chi connectivity index (χ3n) is 1.67. The molecule has 15 heavy (non-hydrogen) atoms. The lowest BCUT2D eigenvalue weighted by molar-refractivity contribution is 0.492. The summed E-state index contributed by atoms with van der Waals surface area (Å²) in [6.45, 7) is 1.90. The number of hydrogen-bond donors (Lipinski definition) is 3. The van der Waals surface area contributed by atoms with Crippen molar-refractivity contribution in [3.05, 3.63) is 24.2 Å². The number of guanidine groups is 2. The Morgan fingerprint density at radius 2 is 2.20 bits per heavy atom. The van der Waals surface area contributed by atoms with Crippen LogP contribution in [0.1, 0.15) is 12.7 Å². The Bertz CT molecular complexity index is 351. The Morgan fingerprint density at radius 3 is 2.73 bits per heavy atom. The average molecular weight is 209 g/mol. The van der Waals surface area contributed by atoms with E-state index in [2.05, 4.69) is 9.98 Å². The molecule has 0 amide bonds. The van der Waals surface area contributed by atoms with Crippen LogP contribution in [0.3, 0.4) is 0 Å². The van der Waals surface area contributed by atoms with E-state index in [-0.39, 0.29) is 18.0 Å². The second-order valence-electron chi connectivity index (χ2n) is 3.16. The molecule has 0 radical (unpaired) electrons. The Hall–Kier alpha value is -1.98. The lowest BCUT2D eigenvalue weighted by Gasteiger charge is -2.03. The summed E-state index contributed by atoms with van der Waals surface area (Å²) in [5.41, 5.74) is 15.8. The van der Waals surface area contributed by atoms with Gasteiger partial charge in [0, 0.05) is 6.42 Å². The minimum Gasteiger partial charge on any atom is -0.469 e. The van der Waals surface area contributed by atoms with E-state index >= 15 is 0 Å². The maximum absolute atomic E-state index is 5.48. The molecule has 0 aliphatic rings. The number of rotatable bonds is 3. The smallest absolute Gasteiger partial charge is 0.218 e. The molecule has 0 aliphatic heterocycles. The molecule has 1 unspecified atom stereocenters. The lowest BCUT2D eigenvalue weighted by atomic mass is 10.2. The highest BCUT2D eigenvalue weighted by Crippen LogP contribution is 2.06. The summed E-state index contributed by atoms with van der Waals surface area (Å²) in [6.07, 6.45) is 2.28. The number of aliphatic imine (C=N–C) groups is 2. The van der Waals surface area contributed by atoms with Gasteiger partial charge in [-0.2, -0.15) is 4.99 Å². The van der Waals surface area contributed by atoms with Crippen LogP contribution in [0.5, 0.6) is 0 Å². The Balaban J connectivity index is 2.55. The van der Waals surface area contributed by atoms with Gasteiger partial charge >= 0.3 is 0 Å². The molecular formula is C9H15N5O. The van der Waals surface area contributed by atoms with Gasteiger partial charge in [0.15, 0.2) is 5.96 Å². The van der Waals surface area contributed by atoms with Crippen LogP contribution in [0.25, 0.3) is 0 Å². The molecule has 0 fully saturated rings. The molecule has 0 spiro atoms. The second kappa shape index (κ2) is 5.04. The number of nitrogens with two attached hydrogens (primary N) is 3. The first-order valence-electron chi connectivity index (χ1n) is 4.53. The SMILES string of the molecule is CC(Cc1ccco1)N=C(N)N=C(N)N. The minimum atomic E-state index is -0.0959. The molecule has 1 atom stereocenters. The molecule has 6 N–H and O–H groups in total. The maximum Gasteiger partial charge on any atom is 0.218 e. The van der Waals surface area contributed by atoms with Gasteiger partial charge in [0.25, 0.3) is 0 Å². The first-order chi connectivity index (χ1) is 7.08. The number of hydrogen-bond acceptors (Lipinski definition) is 2. The van der Waals surface area contributed by atoms with Crippen molar-refractivity contribution >= 4 is 11.9 Å². The molecule has 6 heteroatoms. The molecule has 1 rings (SSSR count). The van der Waals surface area contributed by atoms with E-state index in [1.165, 1.54) is 0 Å². The van der Waals surface area contributed by atoms with Crippen molar-refractivity contribution < 1.29 is 4.42 Å². The van der Waals surface area contributed by atoms with Crippen molar-refractivity contribution in [2.45, 2.75) is 19.4 Å². The van der Waals surface area contributed by atoms with Crippen molar-refractivity contribution in [1.29, 1.82) is 0 Å². The second-order valence-corrected chi connectivity index (χ2v) is 3.16. The summed E-state index contributed by atoms with van der Waals surface area (Å²) >= 11 is 0. The molecule has 0 saturated heterocycles. The predicted octanol–water partition coefficient (Wildman–Crippen LogP) is -0.201. The fraction of sp³-hybridized carbons (Fsp3) is 0.333. The highest BCUT2D eigenvalue weighted by molar-refractivity contribution is 5.92. The first kappa shape index (κ1) is 11.1. The molecule has 0 aromatic carbocycles. The van der Waals surface area contributed by atoms with E-state index in [4.69, 9.17) is 21.6 Å². The normalized spacial score (nSPS) is 13.5. The third kappa shape index (κ3) is 4.17. The van der Waals surface area contributed by atoms with E-state index in [1.807, 2.05) is 19.1 Å². The van der Waals surface area contributed by atoms with Crippen LogP contribution in [0, 0.1) is 0 Å². The summed E-state index contributed by atoms with van der Waals surface area (Å²) in [7, 11) is 0. The van der Waals surface area contributed by atoms with Gasteiger partial charge in [0.2, 0.25) is 5.96 Å². The summed E-state index contributed by atoms with van der Waals surface area (Å²) in [5.74, 6) is 0.833. The van der Waals surface area contributed by atoms with E-state index in [0.29, 0.717) is 6.42 Å². The molecule has 0 bridgehead atoms. The summed E-state index contributed by atoms with van der Waals surface area (Å²) in [6, 6.07) is 3.67. The van der Waals surface area contributed by atoms with E-state index in [1.54, 1.807) is 6.26 Å². The first-order valence-corrected chi connectivity index (χ1v) is 4.53. The van der Waals surface area contributed by atoms with Crippen LogP contribution in [-0.4, -0.2) is 18.0 Å². The zero-order chi connectivity index (χ0) is 11.3. The molecule has 0 aliphatic carbocycles. The highest BCUT2D eigenvalue weighted by atomic mass is 16.3. The Morgan fingerprint density at radius 1 is 1.47 bits per heavy atom. The van der Waals surface area contributed by atoms with Crippen LogP contribution in [0.2, 0.25) is 0 Å². The fourth-order valence-electron chi connectivity index (χ4n) is 1.15. The van der Waals surface area contributed by atoms with Crippen molar-refractivity contribution in [2.24, 2.45) is 27.2 Å². The van der Waals surface area contributed by atoms with Crippen LogP contribution >= 0.6 is 0 Å². The van der Waals surface area contributed by atoms with Crippen molar-refractivity contribution in [3.8, 4) is 0 Å². The molecular weight excluding hydrogens is 194 g/mol. The van der Waals surface area contributed by atoms with Crippen LogP contribution in [0.4, 0.5) is 0 Å². The van der Waals surface area contributed by atoms with Crippen LogP contribution in [0.15, 0.2) is 32.8 Å². The summed E-state index contributed by atoms with van der Waals surface area (Å²) in [5, 5.41) is 0. The topological polar surface area (TPSA) is 116 Å². The van der Waals surface area contributed by atoms with Gasteiger partial charge in [-0.3, -0.25) is 0 Å². The third-order valence-corrected chi connectivity index (χ3v) is 1.67. The molecule has 1 aromatic heterocycles. The number of nitrogens with zero attached hydrogens (tertiary/aromatic N) is 2. The summed E-state index contributed by atoms with van der Waals surface area (Å²) < 4.78 is 5.17. The van der Waals surface area contributed by atoms with Crippen molar-refractivity contribution in [3.63, 3.8) is 0 Å². The Kier molecular flexibility index (Phi) is 3.73. The molecule has 1 heterocycles. The zero-order valence-corrected chi connectivity index (χ0v) is 8.55. The zero-order valence-electron chi connectivity index (χ0n) is 8.55. The molecule has 82 valence electrons. The van der Waals surface area contributed by atoms with Gasteiger partial charge in [0.05, 0.1) is 12.3 Å². The number of furan rings is 1. The summed E-state index contributed by atoms with van der Waals surface area (Å²) in [4.78, 5) is 7.69. The van der Waals surface area contributed by atoms with E-state index in [9.17, 15) is 0 Å². The minimum absolute atomic E-state index is 0.0285. The average Bonchev–Trinajstić information content (AvgIpc) is 2.53. The van der Waals surface area contributed by atoms with E-state index in [0.717, 1.165) is 5.76 Å². The maximum atomic E-state index is 5.48. The van der Waals surface area contributed by atoms with Gasteiger partial charge in [-0.05, 0) is 19.1 Å². The van der Waals surface area contributed by atoms with Crippen molar-refractivity contribution in [1.82, 2.24) is 0 Å². The molecule has 1 aromatic rings. The van der Waals surface area contributed by atoms with Gasteiger partial charge in [0.1, 0.15) is 5.76 Å². The monoisotopic (exact) mass is 209 g/mol. The highest BCUT2D eigenvalue weighted by Gasteiger charge is 2.04. The quantitative estimate of drug-likeness (QED) is 0.472. The van der Waals surface area contributed by atoms with E-state index < -0.39 is 0 Å². The largest absolute Gasteiger partial charge is 0.469 e.